The van der Waals surface area contributed by atoms with Crippen LogP contribution in [0.2, 0.25) is 0 Å². The third-order valence-electron chi connectivity index (χ3n) is 2.73. The minimum absolute atomic E-state index is 0.123. The van der Waals surface area contributed by atoms with Gasteiger partial charge in [0.2, 0.25) is 5.89 Å². The van der Waals surface area contributed by atoms with Crippen LogP contribution in [-0.4, -0.2) is 9.97 Å². The molecule has 0 aromatic carbocycles. The molecule has 2 heterocycles. The van der Waals surface area contributed by atoms with Crippen molar-refractivity contribution >= 4 is 11.4 Å². The number of oxazole rings is 1. The number of aromatic nitrogens is 2. The van der Waals surface area contributed by atoms with Crippen LogP contribution in [0.4, 0.5) is 24.5 Å². The number of nitrogens with zero attached hydrogens (tertiary/aromatic N) is 2. The van der Waals surface area contributed by atoms with Crippen molar-refractivity contribution in [2.75, 3.05) is 11.1 Å². The van der Waals surface area contributed by atoms with E-state index in [2.05, 4.69) is 15.3 Å². The van der Waals surface area contributed by atoms with Gasteiger partial charge in [0.1, 0.15) is 11.5 Å². The fourth-order valence-electron chi connectivity index (χ4n) is 1.56. The summed E-state index contributed by atoms with van der Waals surface area (Å²) in [5.74, 6) is 1.05. The SMILES string of the molecule is Cc1nc(CNc2cc(C(F)(F)F)ncc2N)oc1C. The van der Waals surface area contributed by atoms with E-state index in [1.807, 2.05) is 0 Å². The highest BCUT2D eigenvalue weighted by Gasteiger charge is 2.32. The van der Waals surface area contributed by atoms with E-state index in [-0.39, 0.29) is 17.9 Å². The molecule has 0 bridgehead atoms. The largest absolute Gasteiger partial charge is 0.444 e. The summed E-state index contributed by atoms with van der Waals surface area (Å²) < 4.78 is 43.0. The van der Waals surface area contributed by atoms with Crippen LogP contribution in [0.1, 0.15) is 23.0 Å². The van der Waals surface area contributed by atoms with Crippen molar-refractivity contribution in [1.29, 1.82) is 0 Å². The van der Waals surface area contributed by atoms with Crippen molar-refractivity contribution in [3.8, 4) is 0 Å². The molecular weight excluding hydrogens is 273 g/mol. The molecule has 20 heavy (non-hydrogen) atoms. The van der Waals surface area contributed by atoms with E-state index in [4.69, 9.17) is 10.2 Å². The number of aryl methyl sites for hydroxylation is 2. The average Bonchev–Trinajstić information content (AvgIpc) is 2.66. The minimum Gasteiger partial charge on any atom is -0.444 e. The van der Waals surface area contributed by atoms with E-state index >= 15 is 0 Å². The number of alkyl halides is 3. The Hall–Kier alpha value is -2.25. The van der Waals surface area contributed by atoms with E-state index in [0.717, 1.165) is 18.0 Å². The molecule has 8 heteroatoms. The predicted molar refractivity (Wildman–Crippen MR) is 67.0 cm³/mol. The van der Waals surface area contributed by atoms with Gasteiger partial charge in [0, 0.05) is 0 Å². The van der Waals surface area contributed by atoms with Gasteiger partial charge in [-0.3, -0.25) is 0 Å². The molecule has 2 aromatic heterocycles. The molecule has 0 spiro atoms. The minimum atomic E-state index is -4.51. The Kier molecular flexibility index (Phi) is 3.56. The third kappa shape index (κ3) is 3.01. The average molecular weight is 286 g/mol. The summed E-state index contributed by atoms with van der Waals surface area (Å²) in [7, 11) is 0. The molecule has 0 saturated carbocycles. The van der Waals surface area contributed by atoms with Crippen molar-refractivity contribution in [1.82, 2.24) is 9.97 Å². The van der Waals surface area contributed by atoms with Gasteiger partial charge in [0.25, 0.3) is 0 Å². The molecule has 108 valence electrons. The Bertz CT molecular complexity index is 602. The third-order valence-corrected chi connectivity index (χ3v) is 2.73. The van der Waals surface area contributed by atoms with Crippen LogP contribution in [-0.2, 0) is 12.7 Å². The quantitative estimate of drug-likeness (QED) is 0.907. The lowest BCUT2D eigenvalue weighted by molar-refractivity contribution is -0.141. The molecule has 3 N–H and O–H groups in total. The fourth-order valence-corrected chi connectivity index (χ4v) is 1.56. The van der Waals surface area contributed by atoms with Crippen molar-refractivity contribution in [2.45, 2.75) is 26.6 Å². The number of nitrogen functional groups attached to an aromatic ring is 1. The maximum atomic E-state index is 12.6. The molecule has 0 aliphatic heterocycles. The number of anilines is 2. The predicted octanol–water partition coefficient (Wildman–Crippen LogP) is 2.90. The van der Waals surface area contributed by atoms with Crippen molar-refractivity contribution < 1.29 is 17.6 Å². The van der Waals surface area contributed by atoms with Crippen LogP contribution >= 0.6 is 0 Å². The smallest absolute Gasteiger partial charge is 0.433 e. The van der Waals surface area contributed by atoms with Gasteiger partial charge >= 0.3 is 6.18 Å². The summed E-state index contributed by atoms with van der Waals surface area (Å²) in [6.45, 7) is 3.68. The number of hydrogen-bond acceptors (Lipinski definition) is 5. The number of nitrogens with one attached hydrogen (secondary N) is 1. The lowest BCUT2D eigenvalue weighted by Crippen LogP contribution is -2.11. The van der Waals surface area contributed by atoms with Crippen LogP contribution in [0.15, 0.2) is 16.7 Å². The zero-order chi connectivity index (χ0) is 14.9. The monoisotopic (exact) mass is 286 g/mol. The van der Waals surface area contributed by atoms with E-state index in [1.54, 1.807) is 13.8 Å². The van der Waals surface area contributed by atoms with E-state index in [1.165, 1.54) is 0 Å². The van der Waals surface area contributed by atoms with Crippen LogP contribution in [0.25, 0.3) is 0 Å². The Balaban J connectivity index is 2.16. The first-order chi connectivity index (χ1) is 9.27. The second kappa shape index (κ2) is 5.03. The second-order valence-electron chi connectivity index (χ2n) is 4.26. The zero-order valence-corrected chi connectivity index (χ0v) is 10.9. The number of pyridine rings is 1. The first kappa shape index (κ1) is 14.2. The highest BCUT2D eigenvalue weighted by Crippen LogP contribution is 2.31. The molecule has 0 fully saturated rings. The van der Waals surface area contributed by atoms with Gasteiger partial charge in [-0.25, -0.2) is 9.97 Å². The summed E-state index contributed by atoms with van der Waals surface area (Å²) >= 11 is 0. The number of rotatable bonds is 3. The summed E-state index contributed by atoms with van der Waals surface area (Å²) in [6, 6.07) is 0.859. The second-order valence-corrected chi connectivity index (χ2v) is 4.26. The maximum absolute atomic E-state index is 12.6. The van der Waals surface area contributed by atoms with Crippen molar-refractivity contribution in [3.63, 3.8) is 0 Å². The van der Waals surface area contributed by atoms with Crippen molar-refractivity contribution in [2.24, 2.45) is 0 Å². The lowest BCUT2D eigenvalue weighted by Gasteiger charge is -2.11. The lowest BCUT2D eigenvalue weighted by atomic mass is 10.2. The van der Waals surface area contributed by atoms with Gasteiger partial charge < -0.3 is 15.5 Å². The molecule has 0 radical (unpaired) electrons. The van der Waals surface area contributed by atoms with E-state index < -0.39 is 11.9 Å². The number of halogens is 3. The molecule has 0 amide bonds. The summed E-state index contributed by atoms with van der Waals surface area (Å²) in [4.78, 5) is 7.37. The Labute approximate surface area is 113 Å². The Morgan fingerprint density at radius 2 is 2.05 bits per heavy atom. The first-order valence-corrected chi connectivity index (χ1v) is 5.77. The normalized spacial score (nSPS) is 11.7. The molecule has 2 aromatic rings. The highest BCUT2D eigenvalue weighted by molar-refractivity contribution is 5.65. The van der Waals surface area contributed by atoms with Gasteiger partial charge in [-0.2, -0.15) is 13.2 Å². The summed E-state index contributed by atoms with van der Waals surface area (Å²) in [5.41, 5.74) is 5.58. The molecule has 0 unspecified atom stereocenters. The Morgan fingerprint density at radius 3 is 2.60 bits per heavy atom. The molecule has 2 rings (SSSR count). The van der Waals surface area contributed by atoms with Crippen LogP contribution < -0.4 is 11.1 Å². The molecule has 5 nitrogen and oxygen atoms in total. The standard InChI is InChI=1S/C12H13F3N4O/c1-6-7(2)20-11(19-6)5-17-9-3-10(12(13,14)15)18-4-8(9)16/h3-4H,5,16H2,1-2H3,(H,17,18). The fraction of sp³-hybridized carbons (Fsp3) is 0.333. The van der Waals surface area contributed by atoms with Gasteiger partial charge in [0.15, 0.2) is 0 Å². The first-order valence-electron chi connectivity index (χ1n) is 5.77. The zero-order valence-electron chi connectivity index (χ0n) is 10.9. The summed E-state index contributed by atoms with van der Waals surface area (Å²) in [6.07, 6.45) is -3.54. The topological polar surface area (TPSA) is 77.0 Å². The van der Waals surface area contributed by atoms with Crippen molar-refractivity contribution in [3.05, 3.63) is 35.3 Å². The van der Waals surface area contributed by atoms with Gasteiger partial charge in [-0.15, -0.1) is 0 Å². The molecule has 0 aliphatic carbocycles. The number of nitrogens with two attached hydrogens (primary N) is 1. The molecule has 0 atom stereocenters. The maximum Gasteiger partial charge on any atom is 0.433 e. The van der Waals surface area contributed by atoms with Crippen LogP contribution in [0.5, 0.6) is 0 Å². The number of hydrogen-bond donors (Lipinski definition) is 2. The van der Waals surface area contributed by atoms with Gasteiger partial charge in [-0.1, -0.05) is 0 Å². The molecule has 0 saturated heterocycles. The van der Waals surface area contributed by atoms with Crippen LogP contribution in [0, 0.1) is 13.8 Å². The highest BCUT2D eigenvalue weighted by atomic mass is 19.4. The van der Waals surface area contributed by atoms with E-state index in [0.29, 0.717) is 11.7 Å². The summed E-state index contributed by atoms with van der Waals surface area (Å²) in [5, 5.41) is 2.76. The van der Waals surface area contributed by atoms with E-state index in [9.17, 15) is 13.2 Å². The molecular formula is C12H13F3N4O. The Morgan fingerprint density at radius 1 is 1.35 bits per heavy atom. The van der Waals surface area contributed by atoms with Crippen LogP contribution in [0.3, 0.4) is 0 Å². The van der Waals surface area contributed by atoms with Gasteiger partial charge in [0.05, 0.1) is 29.8 Å². The van der Waals surface area contributed by atoms with Gasteiger partial charge in [-0.05, 0) is 19.9 Å². The molecule has 0 aliphatic rings.